The number of carbonyl (C=O) groups excluding carboxylic acids is 1. The summed E-state index contributed by atoms with van der Waals surface area (Å²) in [6, 6.07) is 0. The largest absolute Gasteiger partial charge is 0.409 e. The third kappa shape index (κ3) is 2.45. The van der Waals surface area contributed by atoms with Gasteiger partial charge in [-0.25, -0.2) is 0 Å². The zero-order chi connectivity index (χ0) is 8.85. The van der Waals surface area contributed by atoms with Gasteiger partial charge in [-0.2, -0.15) is 0 Å². The number of nitrogens with two attached hydrogens (primary N) is 1. The molecule has 1 atom stereocenters. The second-order valence-corrected chi connectivity index (χ2v) is 2.10. The zero-order valence-electron chi connectivity index (χ0n) is 6.66. The maximum Gasteiger partial charge on any atom is 0.230 e. The Hall–Kier alpha value is -1.26. The molecule has 0 saturated heterocycles. The molecule has 0 saturated carbocycles. The molecule has 0 aliphatic carbocycles. The molecule has 0 radical (unpaired) electrons. The Kier molecular flexibility index (Phi) is 4.02. The smallest absolute Gasteiger partial charge is 0.230 e. The van der Waals surface area contributed by atoms with E-state index in [9.17, 15) is 4.79 Å². The fourth-order valence-corrected chi connectivity index (χ4v) is 0.773. The van der Waals surface area contributed by atoms with Gasteiger partial charge in [0.2, 0.25) is 5.91 Å². The number of hydrogen-bond donors (Lipinski definition) is 3. The monoisotopic (exact) mass is 159 g/mol. The topological polar surface area (TPSA) is 87.7 Å². The van der Waals surface area contributed by atoms with Crippen molar-refractivity contribution in [2.24, 2.45) is 16.8 Å². The fourth-order valence-electron chi connectivity index (χ4n) is 0.773. The number of carbonyl (C=O) groups is 1. The number of nitrogens with zero attached hydrogens (tertiary/aromatic N) is 1. The summed E-state index contributed by atoms with van der Waals surface area (Å²) in [5.74, 6) is -0.806. The average Bonchev–Trinajstić information content (AvgIpc) is 2.05. The van der Waals surface area contributed by atoms with Crippen LogP contribution in [0.1, 0.15) is 13.3 Å². The molecule has 0 rings (SSSR count). The van der Waals surface area contributed by atoms with Gasteiger partial charge in [0.25, 0.3) is 0 Å². The van der Waals surface area contributed by atoms with Crippen molar-refractivity contribution in [2.75, 3.05) is 7.05 Å². The SMILES string of the molecule is CCC(C(=O)NC)C(N)=NO. The molecule has 64 valence electrons. The molecule has 0 bridgehead atoms. The van der Waals surface area contributed by atoms with Crippen molar-refractivity contribution in [1.82, 2.24) is 5.32 Å². The van der Waals surface area contributed by atoms with E-state index < -0.39 is 5.92 Å². The Labute approximate surface area is 65.3 Å². The van der Waals surface area contributed by atoms with Crippen LogP contribution in [0.3, 0.4) is 0 Å². The van der Waals surface area contributed by atoms with E-state index in [2.05, 4.69) is 10.5 Å². The van der Waals surface area contributed by atoms with E-state index in [0.29, 0.717) is 6.42 Å². The lowest BCUT2D eigenvalue weighted by atomic mass is 10.1. The van der Waals surface area contributed by atoms with Gasteiger partial charge < -0.3 is 16.3 Å². The van der Waals surface area contributed by atoms with Crippen LogP contribution in [0.25, 0.3) is 0 Å². The van der Waals surface area contributed by atoms with E-state index in [4.69, 9.17) is 10.9 Å². The van der Waals surface area contributed by atoms with Crippen molar-refractivity contribution >= 4 is 11.7 Å². The summed E-state index contributed by atoms with van der Waals surface area (Å²) in [7, 11) is 1.51. The highest BCUT2D eigenvalue weighted by Gasteiger charge is 2.19. The Morgan fingerprint density at radius 3 is 2.64 bits per heavy atom. The lowest BCUT2D eigenvalue weighted by Gasteiger charge is -2.09. The minimum absolute atomic E-state index is 0.0492. The van der Waals surface area contributed by atoms with Gasteiger partial charge in [0.15, 0.2) is 5.84 Å². The van der Waals surface area contributed by atoms with Gasteiger partial charge in [-0.3, -0.25) is 4.79 Å². The Balaban J connectivity index is 4.28. The summed E-state index contributed by atoms with van der Waals surface area (Å²) in [5, 5.41) is 13.4. The molecule has 1 amide bonds. The highest BCUT2D eigenvalue weighted by molar-refractivity contribution is 6.01. The summed E-state index contributed by atoms with van der Waals surface area (Å²) in [5.41, 5.74) is 5.24. The van der Waals surface area contributed by atoms with Crippen LogP contribution in [0.4, 0.5) is 0 Å². The molecule has 0 aliphatic rings. The van der Waals surface area contributed by atoms with Crippen LogP contribution in [-0.4, -0.2) is 24.0 Å². The summed E-state index contributed by atoms with van der Waals surface area (Å²) in [6.45, 7) is 1.79. The third-order valence-electron chi connectivity index (χ3n) is 1.44. The van der Waals surface area contributed by atoms with Gasteiger partial charge in [0.05, 0.1) is 5.92 Å². The first kappa shape index (κ1) is 9.74. The van der Waals surface area contributed by atoms with Crippen molar-refractivity contribution in [1.29, 1.82) is 0 Å². The lowest BCUT2D eigenvalue weighted by molar-refractivity contribution is -0.122. The Morgan fingerprint density at radius 2 is 2.36 bits per heavy atom. The highest BCUT2D eigenvalue weighted by Crippen LogP contribution is 2.01. The number of nitrogens with one attached hydrogen (secondary N) is 1. The minimum atomic E-state index is -0.523. The summed E-state index contributed by atoms with van der Waals surface area (Å²) in [4.78, 5) is 11.0. The summed E-state index contributed by atoms with van der Waals surface area (Å²) in [6.07, 6.45) is 0.523. The second-order valence-electron chi connectivity index (χ2n) is 2.10. The first-order chi connectivity index (χ1) is 5.17. The van der Waals surface area contributed by atoms with Gasteiger partial charge in [-0.05, 0) is 6.42 Å². The molecule has 0 spiro atoms. The molecular weight excluding hydrogens is 146 g/mol. The van der Waals surface area contributed by atoms with Crippen LogP contribution in [0.2, 0.25) is 0 Å². The lowest BCUT2D eigenvalue weighted by Crippen LogP contribution is -2.36. The number of hydrogen-bond acceptors (Lipinski definition) is 3. The molecule has 0 aromatic carbocycles. The van der Waals surface area contributed by atoms with Crippen molar-refractivity contribution in [3.63, 3.8) is 0 Å². The van der Waals surface area contributed by atoms with Gasteiger partial charge in [-0.15, -0.1) is 0 Å². The van der Waals surface area contributed by atoms with E-state index >= 15 is 0 Å². The molecule has 0 aromatic heterocycles. The van der Waals surface area contributed by atoms with E-state index in [1.54, 1.807) is 6.92 Å². The quantitative estimate of drug-likeness (QED) is 0.224. The third-order valence-corrected chi connectivity index (χ3v) is 1.44. The predicted molar refractivity (Wildman–Crippen MR) is 41.3 cm³/mol. The Bertz CT molecular complexity index is 167. The van der Waals surface area contributed by atoms with E-state index in [1.807, 2.05) is 0 Å². The maximum atomic E-state index is 11.0. The van der Waals surface area contributed by atoms with E-state index in [0.717, 1.165) is 0 Å². The molecule has 11 heavy (non-hydrogen) atoms. The van der Waals surface area contributed by atoms with Gasteiger partial charge in [-0.1, -0.05) is 12.1 Å². The standard InChI is InChI=1S/C6H13N3O2/c1-3-4(5(7)9-11)6(10)8-2/h4,11H,3H2,1-2H3,(H2,7,9)(H,8,10). The number of rotatable bonds is 3. The van der Waals surface area contributed by atoms with Crippen molar-refractivity contribution in [2.45, 2.75) is 13.3 Å². The van der Waals surface area contributed by atoms with Crippen LogP contribution in [-0.2, 0) is 4.79 Å². The first-order valence-corrected chi connectivity index (χ1v) is 3.36. The van der Waals surface area contributed by atoms with Gasteiger partial charge in [0, 0.05) is 7.05 Å². The van der Waals surface area contributed by atoms with Crippen LogP contribution < -0.4 is 11.1 Å². The minimum Gasteiger partial charge on any atom is -0.409 e. The van der Waals surface area contributed by atoms with Crippen LogP contribution >= 0.6 is 0 Å². The number of amides is 1. The molecular formula is C6H13N3O2. The normalized spacial score (nSPS) is 14.2. The first-order valence-electron chi connectivity index (χ1n) is 3.36. The second kappa shape index (κ2) is 4.54. The van der Waals surface area contributed by atoms with E-state index in [-0.39, 0.29) is 11.7 Å². The zero-order valence-corrected chi connectivity index (χ0v) is 6.66. The highest BCUT2D eigenvalue weighted by atomic mass is 16.4. The van der Waals surface area contributed by atoms with Crippen molar-refractivity contribution in [3.05, 3.63) is 0 Å². The molecule has 5 heteroatoms. The van der Waals surface area contributed by atoms with Crippen LogP contribution in [0, 0.1) is 5.92 Å². The van der Waals surface area contributed by atoms with Crippen molar-refractivity contribution < 1.29 is 10.0 Å². The maximum absolute atomic E-state index is 11.0. The molecule has 5 nitrogen and oxygen atoms in total. The Morgan fingerprint density at radius 1 is 1.82 bits per heavy atom. The molecule has 0 heterocycles. The predicted octanol–water partition coefficient (Wildman–Crippen LogP) is -0.495. The number of oxime groups is 1. The molecule has 0 aliphatic heterocycles. The van der Waals surface area contributed by atoms with Gasteiger partial charge >= 0.3 is 0 Å². The van der Waals surface area contributed by atoms with Crippen molar-refractivity contribution in [3.8, 4) is 0 Å². The number of amidine groups is 1. The molecule has 0 aromatic rings. The summed E-state index contributed by atoms with van der Waals surface area (Å²) < 4.78 is 0. The fraction of sp³-hybridized carbons (Fsp3) is 0.667. The molecule has 1 unspecified atom stereocenters. The van der Waals surface area contributed by atoms with E-state index in [1.165, 1.54) is 7.05 Å². The van der Waals surface area contributed by atoms with Gasteiger partial charge in [0.1, 0.15) is 0 Å². The molecule has 4 N–H and O–H groups in total. The molecule has 0 fully saturated rings. The summed E-state index contributed by atoms with van der Waals surface area (Å²) >= 11 is 0. The average molecular weight is 159 g/mol. The van der Waals surface area contributed by atoms with Crippen LogP contribution in [0.15, 0.2) is 5.16 Å². The van der Waals surface area contributed by atoms with Crippen LogP contribution in [0.5, 0.6) is 0 Å².